The summed E-state index contributed by atoms with van der Waals surface area (Å²) < 4.78 is 0. The summed E-state index contributed by atoms with van der Waals surface area (Å²) in [6.45, 7) is 1.61. The normalized spacial score (nSPS) is 15.8. The Morgan fingerprint density at radius 3 is 2.44 bits per heavy atom. The van der Waals surface area contributed by atoms with Gasteiger partial charge in [0.2, 0.25) is 5.91 Å². The fourth-order valence-corrected chi connectivity index (χ4v) is 3.61. The molecule has 180 valence electrons. The first-order chi connectivity index (χ1) is 16.2. The quantitative estimate of drug-likeness (QED) is 0.427. The monoisotopic (exact) mass is 486 g/mol. The van der Waals surface area contributed by atoms with Gasteiger partial charge < -0.3 is 26.2 Å². The van der Waals surface area contributed by atoms with Crippen LogP contribution in [-0.4, -0.2) is 73.3 Å². The molecule has 0 saturated carbocycles. The van der Waals surface area contributed by atoms with Gasteiger partial charge in [0.05, 0.1) is 5.02 Å². The fourth-order valence-electron chi connectivity index (χ4n) is 3.50. The Morgan fingerprint density at radius 2 is 1.85 bits per heavy atom. The summed E-state index contributed by atoms with van der Waals surface area (Å²) in [5, 5.41) is 11.0. The smallest absolute Gasteiger partial charge is 0.314 e. The number of hydrogen-bond acceptors (Lipinski definition) is 6. The molecular weight excluding hydrogens is 460 g/mol. The molecule has 2 heterocycles. The summed E-state index contributed by atoms with van der Waals surface area (Å²) in [5.41, 5.74) is 1.54. The Kier molecular flexibility index (Phi) is 8.55. The lowest BCUT2D eigenvalue weighted by Gasteiger charge is -2.22. The van der Waals surface area contributed by atoms with Crippen molar-refractivity contribution in [1.29, 1.82) is 0 Å². The van der Waals surface area contributed by atoms with Crippen molar-refractivity contribution in [3.63, 3.8) is 0 Å². The third-order valence-electron chi connectivity index (χ3n) is 5.39. The van der Waals surface area contributed by atoms with E-state index in [0.29, 0.717) is 16.5 Å². The van der Waals surface area contributed by atoms with Crippen molar-refractivity contribution >= 4 is 41.0 Å². The number of carbonyl (C=O) groups excluding carboxylic acids is 4. The van der Waals surface area contributed by atoms with Gasteiger partial charge in [-0.3, -0.25) is 19.2 Å². The topological polar surface area (TPSA) is 133 Å². The SMILES string of the molecule is CN(C)C(=O)C(CNC(=O)C(=O)Nc1ccc(Cl)cn1)NC(=O)c1ccc(C2CCNC2)cc1. The number of halogens is 1. The molecule has 0 aliphatic carbocycles. The van der Waals surface area contributed by atoms with Crippen LogP contribution in [0.3, 0.4) is 0 Å². The Balaban J connectivity index is 1.59. The molecule has 1 aliphatic heterocycles. The zero-order valence-corrected chi connectivity index (χ0v) is 19.7. The van der Waals surface area contributed by atoms with Crippen molar-refractivity contribution in [2.75, 3.05) is 39.0 Å². The van der Waals surface area contributed by atoms with Crippen LogP contribution in [0.15, 0.2) is 42.6 Å². The van der Waals surface area contributed by atoms with Gasteiger partial charge in [0.25, 0.3) is 5.91 Å². The van der Waals surface area contributed by atoms with Crippen LogP contribution in [0.2, 0.25) is 5.02 Å². The van der Waals surface area contributed by atoms with Crippen molar-refractivity contribution in [2.24, 2.45) is 0 Å². The minimum atomic E-state index is -1.06. The number of benzene rings is 1. The number of carbonyl (C=O) groups is 4. The van der Waals surface area contributed by atoms with Gasteiger partial charge in [0.1, 0.15) is 11.9 Å². The van der Waals surface area contributed by atoms with Crippen molar-refractivity contribution in [1.82, 2.24) is 25.8 Å². The molecule has 2 aromatic rings. The molecular formula is C23H27ClN6O4. The van der Waals surface area contributed by atoms with Crippen LogP contribution in [0, 0.1) is 0 Å². The highest BCUT2D eigenvalue weighted by molar-refractivity contribution is 6.39. The fraction of sp³-hybridized carbons (Fsp3) is 0.348. The van der Waals surface area contributed by atoms with E-state index in [1.807, 2.05) is 12.1 Å². The van der Waals surface area contributed by atoms with E-state index in [9.17, 15) is 19.2 Å². The van der Waals surface area contributed by atoms with Crippen LogP contribution >= 0.6 is 11.6 Å². The van der Waals surface area contributed by atoms with Gasteiger partial charge in [0, 0.05) is 38.9 Å². The molecule has 34 heavy (non-hydrogen) atoms. The number of anilines is 1. The summed E-state index contributed by atoms with van der Waals surface area (Å²) in [5.74, 6) is -2.26. The molecule has 10 nitrogen and oxygen atoms in total. The van der Waals surface area contributed by atoms with Crippen LogP contribution < -0.4 is 21.3 Å². The summed E-state index contributed by atoms with van der Waals surface area (Å²) >= 11 is 5.75. The molecule has 2 unspecified atom stereocenters. The molecule has 2 atom stereocenters. The van der Waals surface area contributed by atoms with Gasteiger partial charge in [-0.05, 0) is 48.7 Å². The maximum absolute atomic E-state index is 12.8. The predicted molar refractivity (Wildman–Crippen MR) is 128 cm³/mol. The van der Waals surface area contributed by atoms with Crippen LogP contribution in [0.4, 0.5) is 5.82 Å². The number of rotatable bonds is 7. The van der Waals surface area contributed by atoms with Crippen LogP contribution in [0.1, 0.15) is 28.3 Å². The highest BCUT2D eigenvalue weighted by Crippen LogP contribution is 2.22. The van der Waals surface area contributed by atoms with Crippen molar-refractivity contribution in [3.8, 4) is 0 Å². The molecule has 1 aromatic heterocycles. The number of likely N-dealkylation sites (N-methyl/N-ethyl adjacent to an activating group) is 1. The molecule has 0 bridgehead atoms. The lowest BCUT2D eigenvalue weighted by Crippen LogP contribution is -2.53. The lowest BCUT2D eigenvalue weighted by atomic mass is 9.97. The van der Waals surface area contributed by atoms with E-state index in [2.05, 4.69) is 26.3 Å². The Morgan fingerprint density at radius 1 is 1.12 bits per heavy atom. The molecule has 0 radical (unpaired) electrons. The molecule has 4 amide bonds. The van der Waals surface area contributed by atoms with Gasteiger partial charge in [-0.2, -0.15) is 0 Å². The van der Waals surface area contributed by atoms with E-state index in [0.717, 1.165) is 25.1 Å². The van der Waals surface area contributed by atoms with E-state index in [-0.39, 0.29) is 12.4 Å². The maximum atomic E-state index is 12.8. The van der Waals surface area contributed by atoms with Crippen molar-refractivity contribution in [2.45, 2.75) is 18.4 Å². The molecule has 3 rings (SSSR count). The van der Waals surface area contributed by atoms with Crippen LogP contribution in [0.5, 0.6) is 0 Å². The van der Waals surface area contributed by atoms with E-state index >= 15 is 0 Å². The van der Waals surface area contributed by atoms with Gasteiger partial charge in [-0.25, -0.2) is 4.98 Å². The van der Waals surface area contributed by atoms with Crippen molar-refractivity contribution in [3.05, 3.63) is 58.7 Å². The second-order valence-electron chi connectivity index (χ2n) is 8.10. The van der Waals surface area contributed by atoms with Gasteiger partial charge >= 0.3 is 11.8 Å². The summed E-state index contributed by atoms with van der Waals surface area (Å²) in [6, 6.07) is 9.14. The van der Waals surface area contributed by atoms with Gasteiger partial charge in [-0.1, -0.05) is 23.7 Å². The highest BCUT2D eigenvalue weighted by Gasteiger charge is 2.25. The van der Waals surface area contributed by atoms with E-state index in [4.69, 9.17) is 11.6 Å². The van der Waals surface area contributed by atoms with Gasteiger partial charge in [-0.15, -0.1) is 0 Å². The number of aromatic nitrogens is 1. The molecule has 4 N–H and O–H groups in total. The number of amides is 4. The van der Waals surface area contributed by atoms with E-state index in [1.54, 1.807) is 12.1 Å². The minimum absolute atomic E-state index is 0.149. The minimum Gasteiger partial charge on any atom is -0.347 e. The number of hydrogen-bond donors (Lipinski definition) is 4. The zero-order valence-electron chi connectivity index (χ0n) is 18.9. The molecule has 1 aliphatic rings. The molecule has 1 aromatic carbocycles. The molecule has 1 saturated heterocycles. The van der Waals surface area contributed by atoms with Gasteiger partial charge in [0.15, 0.2) is 0 Å². The standard InChI is InChI=1S/C23H27ClN6O4/c1-30(2)23(34)18(13-27-21(32)22(33)29-19-8-7-17(24)12-26-19)28-20(31)15-5-3-14(4-6-15)16-9-10-25-11-16/h3-8,12,16,18,25H,9-11,13H2,1-2H3,(H,27,32)(H,28,31)(H,26,29,33). The second-order valence-corrected chi connectivity index (χ2v) is 8.53. The largest absolute Gasteiger partial charge is 0.347 e. The molecule has 11 heteroatoms. The third kappa shape index (κ3) is 6.75. The highest BCUT2D eigenvalue weighted by atomic mass is 35.5. The summed E-state index contributed by atoms with van der Waals surface area (Å²) in [7, 11) is 3.07. The number of nitrogens with one attached hydrogen (secondary N) is 4. The second kappa shape index (κ2) is 11.6. The van der Waals surface area contributed by atoms with Crippen LogP contribution in [-0.2, 0) is 14.4 Å². The molecule has 0 spiro atoms. The van der Waals surface area contributed by atoms with E-state index in [1.165, 1.54) is 37.3 Å². The Labute approximate surface area is 202 Å². The number of nitrogens with zero attached hydrogens (tertiary/aromatic N) is 2. The van der Waals surface area contributed by atoms with Crippen LogP contribution in [0.25, 0.3) is 0 Å². The number of pyridine rings is 1. The zero-order chi connectivity index (χ0) is 24.7. The van der Waals surface area contributed by atoms with E-state index < -0.39 is 29.7 Å². The Bertz CT molecular complexity index is 1040. The first-order valence-corrected chi connectivity index (χ1v) is 11.2. The third-order valence-corrected chi connectivity index (χ3v) is 5.61. The Hall–Kier alpha value is -3.50. The predicted octanol–water partition coefficient (Wildman–Crippen LogP) is 0.753. The molecule has 1 fully saturated rings. The summed E-state index contributed by atoms with van der Waals surface area (Å²) in [6.07, 6.45) is 2.37. The first kappa shape index (κ1) is 25.1. The average molecular weight is 487 g/mol. The average Bonchev–Trinajstić information content (AvgIpc) is 3.37. The first-order valence-electron chi connectivity index (χ1n) is 10.8. The summed E-state index contributed by atoms with van der Waals surface area (Å²) in [4.78, 5) is 54.8. The lowest BCUT2D eigenvalue weighted by molar-refractivity contribution is -0.136. The van der Waals surface area contributed by atoms with Crippen molar-refractivity contribution < 1.29 is 19.2 Å². The maximum Gasteiger partial charge on any atom is 0.314 e.